The molecule has 0 aromatic heterocycles. The minimum Gasteiger partial charge on any atom is -0.423 e. The number of ether oxygens (including phenoxy) is 1. The summed E-state index contributed by atoms with van der Waals surface area (Å²) in [5.74, 6) is -5.35. The summed E-state index contributed by atoms with van der Waals surface area (Å²) in [7, 11) is 0. The maximum absolute atomic E-state index is 13.8. The lowest BCUT2D eigenvalue weighted by molar-refractivity contribution is 0.0728. The van der Waals surface area contributed by atoms with E-state index in [1.807, 2.05) is 0 Å². The molecule has 0 heterocycles. The molecule has 2 aromatic rings. The lowest BCUT2D eigenvalue weighted by Gasteiger charge is -2.09. The Labute approximate surface area is 112 Å². The zero-order valence-electron chi connectivity index (χ0n) is 10.1. The van der Waals surface area contributed by atoms with Crippen LogP contribution in [0.15, 0.2) is 36.4 Å². The van der Waals surface area contributed by atoms with E-state index >= 15 is 0 Å². The van der Waals surface area contributed by atoms with Gasteiger partial charge in [-0.1, -0.05) is 18.2 Å². The maximum atomic E-state index is 13.8. The van der Waals surface area contributed by atoms with Gasteiger partial charge in [0.25, 0.3) is 0 Å². The van der Waals surface area contributed by atoms with E-state index in [1.165, 1.54) is 12.1 Å². The summed E-state index contributed by atoms with van der Waals surface area (Å²) in [6.45, 7) is -1.07. The number of para-hydroxylation sites is 1. The molecule has 104 valence electrons. The molecule has 3 nitrogen and oxygen atoms in total. The van der Waals surface area contributed by atoms with Crippen molar-refractivity contribution in [3.05, 3.63) is 65.0 Å². The highest BCUT2D eigenvalue weighted by atomic mass is 19.2. The molecule has 0 saturated carbocycles. The zero-order chi connectivity index (χ0) is 14.7. The number of benzene rings is 2. The molecule has 0 saturated heterocycles. The number of hydrogen-bond donors (Lipinski definition) is 1. The van der Waals surface area contributed by atoms with Crippen molar-refractivity contribution in [2.75, 3.05) is 0 Å². The number of halogens is 3. The first kappa shape index (κ1) is 14.1. The predicted molar refractivity (Wildman–Crippen MR) is 63.6 cm³/mol. The van der Waals surface area contributed by atoms with Crippen molar-refractivity contribution in [1.82, 2.24) is 0 Å². The number of carbonyl (C=O) groups excluding carboxylic acids is 1. The molecule has 0 amide bonds. The van der Waals surface area contributed by atoms with Crippen LogP contribution in [0.4, 0.5) is 13.2 Å². The van der Waals surface area contributed by atoms with Gasteiger partial charge >= 0.3 is 5.97 Å². The van der Waals surface area contributed by atoms with Gasteiger partial charge in [0.2, 0.25) is 0 Å². The van der Waals surface area contributed by atoms with Gasteiger partial charge in [-0.25, -0.2) is 18.0 Å². The molecule has 0 spiro atoms. The Kier molecular flexibility index (Phi) is 4.05. The Balaban J connectivity index is 2.38. The monoisotopic (exact) mass is 282 g/mol. The van der Waals surface area contributed by atoms with Crippen molar-refractivity contribution in [2.45, 2.75) is 6.61 Å². The van der Waals surface area contributed by atoms with Crippen molar-refractivity contribution in [2.24, 2.45) is 0 Å². The van der Waals surface area contributed by atoms with Crippen LogP contribution < -0.4 is 4.74 Å². The quantitative estimate of drug-likeness (QED) is 0.535. The fourth-order valence-electron chi connectivity index (χ4n) is 1.59. The third-order valence-corrected chi connectivity index (χ3v) is 2.58. The highest BCUT2D eigenvalue weighted by Crippen LogP contribution is 2.22. The number of aliphatic hydroxyl groups excluding tert-OH is 1. The molecule has 2 aromatic carbocycles. The average Bonchev–Trinajstić information content (AvgIpc) is 2.44. The lowest BCUT2D eigenvalue weighted by atomic mass is 10.1. The summed E-state index contributed by atoms with van der Waals surface area (Å²) in [5.41, 5.74) is -1.69. The third-order valence-electron chi connectivity index (χ3n) is 2.58. The zero-order valence-corrected chi connectivity index (χ0v) is 10.1. The van der Waals surface area contributed by atoms with Crippen LogP contribution in [0.25, 0.3) is 0 Å². The molecular formula is C14H9F3O3. The largest absolute Gasteiger partial charge is 0.423 e. The number of hydrogen-bond acceptors (Lipinski definition) is 3. The van der Waals surface area contributed by atoms with Crippen LogP contribution in [0.3, 0.4) is 0 Å². The van der Waals surface area contributed by atoms with Crippen LogP contribution in [0.2, 0.25) is 0 Å². The molecule has 0 fully saturated rings. The first-order valence-corrected chi connectivity index (χ1v) is 5.59. The van der Waals surface area contributed by atoms with E-state index in [0.717, 1.165) is 0 Å². The van der Waals surface area contributed by atoms with Gasteiger partial charge in [0, 0.05) is 0 Å². The van der Waals surface area contributed by atoms with Crippen molar-refractivity contribution in [3.63, 3.8) is 0 Å². The molecule has 6 heteroatoms. The lowest BCUT2D eigenvalue weighted by Crippen LogP contribution is -2.14. The minimum absolute atomic E-state index is 0.132. The van der Waals surface area contributed by atoms with Gasteiger partial charge in [0.05, 0.1) is 17.7 Å². The summed E-state index contributed by atoms with van der Waals surface area (Å²) < 4.78 is 45.1. The summed E-state index contributed by atoms with van der Waals surface area (Å²) in [4.78, 5) is 11.7. The van der Waals surface area contributed by atoms with Gasteiger partial charge < -0.3 is 9.84 Å². The van der Waals surface area contributed by atoms with Gasteiger partial charge in [-0.05, 0) is 18.2 Å². The molecule has 0 atom stereocenters. The molecule has 1 N–H and O–H groups in total. The molecule has 0 unspecified atom stereocenters. The molecule has 0 aliphatic carbocycles. The Morgan fingerprint density at radius 1 is 1.10 bits per heavy atom. The van der Waals surface area contributed by atoms with Crippen LogP contribution in [0.1, 0.15) is 15.9 Å². The second-order valence-corrected chi connectivity index (χ2v) is 3.87. The smallest absolute Gasteiger partial charge is 0.346 e. The van der Waals surface area contributed by atoms with Gasteiger partial charge in [-0.15, -0.1) is 0 Å². The first-order valence-electron chi connectivity index (χ1n) is 5.59. The molecule has 0 aliphatic rings. The van der Waals surface area contributed by atoms with Crippen molar-refractivity contribution < 1.29 is 27.8 Å². The normalized spacial score (nSPS) is 10.4. The third kappa shape index (κ3) is 2.65. The van der Waals surface area contributed by atoms with E-state index < -0.39 is 41.2 Å². The van der Waals surface area contributed by atoms with Crippen LogP contribution in [-0.2, 0) is 6.61 Å². The maximum Gasteiger partial charge on any atom is 0.346 e. The first-order chi connectivity index (χ1) is 9.54. The Morgan fingerprint density at radius 2 is 1.75 bits per heavy atom. The predicted octanol–water partition coefficient (Wildman–Crippen LogP) is 2.82. The molecule has 2 rings (SSSR count). The van der Waals surface area contributed by atoms with E-state index in [2.05, 4.69) is 0 Å². The van der Waals surface area contributed by atoms with Gasteiger partial charge in [-0.3, -0.25) is 0 Å². The summed E-state index contributed by atoms with van der Waals surface area (Å²) >= 11 is 0. The van der Waals surface area contributed by atoms with Crippen molar-refractivity contribution in [3.8, 4) is 5.75 Å². The fourth-order valence-corrected chi connectivity index (χ4v) is 1.59. The van der Waals surface area contributed by atoms with Gasteiger partial charge in [-0.2, -0.15) is 0 Å². The fraction of sp³-hybridized carbons (Fsp3) is 0.0714. The topological polar surface area (TPSA) is 46.5 Å². The van der Waals surface area contributed by atoms with E-state index in [9.17, 15) is 18.0 Å². The molecule has 20 heavy (non-hydrogen) atoms. The summed E-state index contributed by atoms with van der Waals surface area (Å²) in [5, 5.41) is 8.82. The van der Waals surface area contributed by atoms with E-state index in [-0.39, 0.29) is 5.75 Å². The minimum atomic E-state index is -1.53. The summed E-state index contributed by atoms with van der Waals surface area (Å²) in [6, 6.07) is 8.15. The Bertz CT molecular complexity index is 642. The average molecular weight is 282 g/mol. The van der Waals surface area contributed by atoms with Crippen LogP contribution in [0.5, 0.6) is 5.75 Å². The standard InChI is InChI=1S/C14H9F3O3/c15-11-6-9(12(16)10(7-18)13(11)17)14(19)20-8-4-2-1-3-5-8/h1-6,18H,7H2. The number of rotatable bonds is 3. The highest BCUT2D eigenvalue weighted by Gasteiger charge is 2.23. The molecule has 0 bridgehead atoms. The van der Waals surface area contributed by atoms with Crippen LogP contribution in [0, 0.1) is 17.5 Å². The van der Waals surface area contributed by atoms with Gasteiger partial charge in [0.15, 0.2) is 11.6 Å². The SMILES string of the molecule is O=C(Oc1ccccc1)c1cc(F)c(F)c(CO)c1F. The highest BCUT2D eigenvalue weighted by molar-refractivity contribution is 5.91. The number of esters is 1. The van der Waals surface area contributed by atoms with E-state index in [0.29, 0.717) is 6.07 Å². The summed E-state index contributed by atoms with van der Waals surface area (Å²) in [6.07, 6.45) is 0. The molecule has 0 aliphatic heterocycles. The number of aliphatic hydroxyl groups is 1. The van der Waals surface area contributed by atoms with E-state index in [4.69, 9.17) is 9.84 Å². The second kappa shape index (κ2) is 5.75. The van der Waals surface area contributed by atoms with Gasteiger partial charge in [0.1, 0.15) is 11.6 Å². The molecule has 0 radical (unpaired) electrons. The van der Waals surface area contributed by atoms with E-state index in [1.54, 1.807) is 18.2 Å². The van der Waals surface area contributed by atoms with Crippen molar-refractivity contribution >= 4 is 5.97 Å². The van der Waals surface area contributed by atoms with Crippen molar-refractivity contribution in [1.29, 1.82) is 0 Å². The molecular weight excluding hydrogens is 273 g/mol. The Morgan fingerprint density at radius 3 is 2.35 bits per heavy atom. The Hall–Kier alpha value is -2.34. The number of carbonyl (C=O) groups is 1. The van der Waals surface area contributed by atoms with Crippen LogP contribution in [-0.4, -0.2) is 11.1 Å². The second-order valence-electron chi connectivity index (χ2n) is 3.87. The van der Waals surface area contributed by atoms with Crippen LogP contribution >= 0.6 is 0 Å².